The molecule has 3 rings (SSSR count). The van der Waals surface area contributed by atoms with Crippen molar-refractivity contribution in [2.45, 2.75) is 31.2 Å². The van der Waals surface area contributed by atoms with Crippen molar-refractivity contribution in [3.8, 4) is 0 Å². The Kier molecular flexibility index (Phi) is 3.98. The predicted molar refractivity (Wildman–Crippen MR) is 76.5 cm³/mol. The van der Waals surface area contributed by atoms with Crippen molar-refractivity contribution in [2.24, 2.45) is 4.99 Å². The Morgan fingerprint density at radius 1 is 1.37 bits per heavy atom. The van der Waals surface area contributed by atoms with E-state index in [1.54, 1.807) is 11.8 Å². The molecule has 1 N–H and O–H groups in total. The number of nitrogens with one attached hydrogen (secondary N) is 1. The summed E-state index contributed by atoms with van der Waals surface area (Å²) in [7, 11) is 0. The second kappa shape index (κ2) is 5.71. The van der Waals surface area contributed by atoms with Crippen LogP contribution >= 0.6 is 11.8 Å². The maximum atomic E-state index is 11.9. The highest BCUT2D eigenvalue weighted by Crippen LogP contribution is 2.31. The van der Waals surface area contributed by atoms with Crippen LogP contribution < -0.4 is 5.32 Å². The summed E-state index contributed by atoms with van der Waals surface area (Å²) in [6.45, 7) is 3.76. The number of aliphatic imine (C=N–C) groups is 1. The van der Waals surface area contributed by atoms with Gasteiger partial charge in [0.2, 0.25) is 5.91 Å². The van der Waals surface area contributed by atoms with Crippen LogP contribution in [0.4, 0.5) is 0 Å². The monoisotopic (exact) mass is 283 g/mol. The van der Waals surface area contributed by atoms with Gasteiger partial charge >= 0.3 is 0 Å². The number of hydrogen-bond donors (Lipinski definition) is 1. The van der Waals surface area contributed by atoms with Crippen molar-refractivity contribution in [2.75, 3.05) is 38.6 Å². The van der Waals surface area contributed by atoms with Gasteiger partial charge in [-0.15, -0.1) is 0 Å². The van der Waals surface area contributed by atoms with Gasteiger partial charge in [-0.2, -0.15) is 0 Å². The van der Waals surface area contributed by atoms with E-state index >= 15 is 0 Å². The molecule has 0 aliphatic carbocycles. The standard InChI is InChI=1S/C13H21N3O2S/c17-11(16-5-1-2-6-16)9-14-12-15-13(10-19-12)3-7-18-8-4-13/h1-10H2,(H,14,15). The molecule has 0 saturated carbocycles. The quantitative estimate of drug-likeness (QED) is 0.816. The van der Waals surface area contributed by atoms with Crippen molar-refractivity contribution >= 4 is 22.8 Å². The molecule has 3 saturated heterocycles. The van der Waals surface area contributed by atoms with Crippen LogP contribution in [-0.2, 0) is 9.53 Å². The molecule has 5 nitrogen and oxygen atoms in total. The first kappa shape index (κ1) is 13.2. The van der Waals surface area contributed by atoms with Crippen LogP contribution in [0, 0.1) is 0 Å². The number of hydrogen-bond acceptors (Lipinski definition) is 4. The normalized spacial score (nSPS) is 28.0. The highest BCUT2D eigenvalue weighted by atomic mass is 32.2. The molecule has 0 aromatic carbocycles. The first-order chi connectivity index (χ1) is 9.27. The molecule has 3 aliphatic heterocycles. The van der Waals surface area contributed by atoms with Gasteiger partial charge < -0.3 is 15.0 Å². The number of thioether (sulfide) groups is 1. The molecule has 0 bridgehead atoms. The lowest BCUT2D eigenvalue weighted by atomic mass is 9.93. The number of rotatable bonds is 2. The van der Waals surface area contributed by atoms with Gasteiger partial charge in [0, 0.05) is 32.1 Å². The van der Waals surface area contributed by atoms with E-state index in [4.69, 9.17) is 4.74 Å². The van der Waals surface area contributed by atoms with E-state index in [-0.39, 0.29) is 11.4 Å². The molecule has 0 unspecified atom stereocenters. The third kappa shape index (κ3) is 3.05. The third-order valence-corrected chi connectivity index (χ3v) is 5.33. The maximum absolute atomic E-state index is 11.9. The molecule has 19 heavy (non-hydrogen) atoms. The van der Waals surface area contributed by atoms with E-state index in [0.717, 1.165) is 62.9 Å². The van der Waals surface area contributed by atoms with Gasteiger partial charge in [-0.3, -0.25) is 9.79 Å². The molecule has 6 heteroatoms. The van der Waals surface area contributed by atoms with Gasteiger partial charge in [-0.05, 0) is 25.7 Å². The number of carbonyl (C=O) groups excluding carboxylic acids is 1. The Bertz CT molecular complexity index is 374. The number of ether oxygens (including phenoxy) is 1. The van der Waals surface area contributed by atoms with Crippen LogP contribution in [0.25, 0.3) is 0 Å². The second-order valence-corrected chi connectivity index (χ2v) is 6.48. The Morgan fingerprint density at radius 3 is 2.84 bits per heavy atom. The topological polar surface area (TPSA) is 53.9 Å². The molecule has 0 aromatic rings. The van der Waals surface area contributed by atoms with E-state index in [9.17, 15) is 4.79 Å². The lowest BCUT2D eigenvalue weighted by Crippen LogP contribution is -2.48. The number of amidine groups is 1. The number of likely N-dealkylation sites (tertiary alicyclic amines) is 1. The Balaban J connectivity index is 1.52. The Labute approximate surface area is 118 Å². The summed E-state index contributed by atoms with van der Waals surface area (Å²) in [4.78, 5) is 18.3. The van der Waals surface area contributed by atoms with E-state index in [2.05, 4.69) is 10.3 Å². The van der Waals surface area contributed by atoms with Gasteiger partial charge in [-0.1, -0.05) is 11.8 Å². The SMILES string of the molecule is O=C(CN=C1NC2(CCOCC2)CS1)N1CCCC1. The van der Waals surface area contributed by atoms with E-state index in [0.29, 0.717) is 6.54 Å². The smallest absolute Gasteiger partial charge is 0.244 e. The molecule has 106 valence electrons. The molecule has 3 heterocycles. The Hall–Kier alpha value is -0.750. The molecular formula is C13H21N3O2S. The average molecular weight is 283 g/mol. The van der Waals surface area contributed by atoms with Crippen LogP contribution in [0.1, 0.15) is 25.7 Å². The van der Waals surface area contributed by atoms with Crippen LogP contribution in [-0.4, -0.2) is 60.1 Å². The zero-order valence-electron chi connectivity index (χ0n) is 11.2. The summed E-state index contributed by atoms with van der Waals surface area (Å²) in [5, 5.41) is 4.45. The molecule has 3 fully saturated rings. The zero-order chi connectivity index (χ0) is 13.1. The van der Waals surface area contributed by atoms with Crippen molar-refractivity contribution in [3.63, 3.8) is 0 Å². The number of nitrogens with zero attached hydrogens (tertiary/aromatic N) is 2. The minimum Gasteiger partial charge on any atom is -0.381 e. The minimum absolute atomic E-state index is 0.165. The third-order valence-electron chi connectivity index (χ3n) is 4.12. The fourth-order valence-corrected chi connectivity index (χ4v) is 4.05. The summed E-state index contributed by atoms with van der Waals surface area (Å²) in [5.41, 5.74) is 0.165. The van der Waals surface area contributed by atoms with Crippen molar-refractivity contribution in [1.82, 2.24) is 10.2 Å². The fourth-order valence-electron chi connectivity index (χ4n) is 2.83. The molecule has 0 radical (unpaired) electrons. The van der Waals surface area contributed by atoms with E-state index in [1.807, 2.05) is 4.90 Å². The van der Waals surface area contributed by atoms with Gasteiger partial charge in [0.05, 0.1) is 5.54 Å². The van der Waals surface area contributed by atoms with Crippen molar-refractivity contribution in [1.29, 1.82) is 0 Å². The molecule has 1 spiro atoms. The van der Waals surface area contributed by atoms with Crippen LogP contribution in [0.5, 0.6) is 0 Å². The fraction of sp³-hybridized carbons (Fsp3) is 0.846. The summed E-state index contributed by atoms with van der Waals surface area (Å²) >= 11 is 1.74. The first-order valence-corrected chi connectivity index (χ1v) is 8.07. The summed E-state index contributed by atoms with van der Waals surface area (Å²) in [6.07, 6.45) is 4.36. The number of carbonyl (C=O) groups is 1. The average Bonchev–Trinajstić information content (AvgIpc) is 3.08. The predicted octanol–water partition coefficient (Wildman–Crippen LogP) is 0.850. The van der Waals surface area contributed by atoms with Crippen LogP contribution in [0.15, 0.2) is 4.99 Å². The van der Waals surface area contributed by atoms with Gasteiger partial charge in [0.15, 0.2) is 5.17 Å². The lowest BCUT2D eigenvalue weighted by molar-refractivity contribution is -0.128. The Morgan fingerprint density at radius 2 is 2.11 bits per heavy atom. The van der Waals surface area contributed by atoms with Crippen LogP contribution in [0.2, 0.25) is 0 Å². The summed E-state index contributed by atoms with van der Waals surface area (Å²) < 4.78 is 5.41. The lowest BCUT2D eigenvalue weighted by Gasteiger charge is -2.32. The van der Waals surface area contributed by atoms with Gasteiger partial charge in [0.1, 0.15) is 6.54 Å². The van der Waals surface area contributed by atoms with Gasteiger partial charge in [-0.25, -0.2) is 0 Å². The highest BCUT2D eigenvalue weighted by molar-refractivity contribution is 8.14. The second-order valence-electron chi connectivity index (χ2n) is 5.52. The molecule has 0 aromatic heterocycles. The van der Waals surface area contributed by atoms with E-state index in [1.165, 1.54) is 0 Å². The molecule has 3 aliphatic rings. The zero-order valence-corrected chi connectivity index (χ0v) is 12.0. The molecule has 1 amide bonds. The van der Waals surface area contributed by atoms with Crippen molar-refractivity contribution < 1.29 is 9.53 Å². The first-order valence-electron chi connectivity index (χ1n) is 7.08. The summed E-state index contributed by atoms with van der Waals surface area (Å²) in [6, 6.07) is 0. The van der Waals surface area contributed by atoms with E-state index < -0.39 is 0 Å². The highest BCUT2D eigenvalue weighted by Gasteiger charge is 2.38. The molecular weight excluding hydrogens is 262 g/mol. The number of amides is 1. The van der Waals surface area contributed by atoms with Crippen molar-refractivity contribution in [3.05, 3.63) is 0 Å². The van der Waals surface area contributed by atoms with Crippen LogP contribution in [0.3, 0.4) is 0 Å². The largest absolute Gasteiger partial charge is 0.381 e. The summed E-state index contributed by atoms with van der Waals surface area (Å²) in [5.74, 6) is 1.22. The maximum Gasteiger partial charge on any atom is 0.244 e. The minimum atomic E-state index is 0.165. The van der Waals surface area contributed by atoms with Gasteiger partial charge in [0.25, 0.3) is 0 Å². The molecule has 0 atom stereocenters.